The zero-order valence-electron chi connectivity index (χ0n) is 13.3. The van der Waals surface area contributed by atoms with Crippen LogP contribution in [0, 0.1) is 0 Å². The molecule has 0 aliphatic carbocycles. The molecule has 9 heteroatoms. The van der Waals surface area contributed by atoms with Crippen molar-refractivity contribution in [3.63, 3.8) is 0 Å². The van der Waals surface area contributed by atoms with Gasteiger partial charge in [-0.2, -0.15) is 10.2 Å². The first-order chi connectivity index (χ1) is 10.1. The second kappa shape index (κ2) is 5.90. The van der Waals surface area contributed by atoms with E-state index in [0.717, 1.165) is 5.46 Å². The summed E-state index contributed by atoms with van der Waals surface area (Å²) in [5.74, 6) is 0. The standard InChI is InChI=1S/C13H22BN3O5/c1-12(2)13(3,4)22-14(21-12)10-8-15-16(9-10)6-5-7-17(20)11(18)19/h8-9,20H,5-7H2,1-4H3,(H,18,19). The number of aryl methyl sites for hydroxylation is 1. The number of hydroxylamine groups is 2. The first-order valence-electron chi connectivity index (χ1n) is 7.20. The lowest BCUT2D eigenvalue weighted by atomic mass is 9.82. The van der Waals surface area contributed by atoms with Crippen LogP contribution in [0.2, 0.25) is 0 Å². The van der Waals surface area contributed by atoms with Gasteiger partial charge in [0.1, 0.15) is 0 Å². The number of carbonyl (C=O) groups is 1. The molecule has 1 aromatic heterocycles. The topological polar surface area (TPSA) is 97.1 Å². The van der Waals surface area contributed by atoms with Crippen LogP contribution in [0.5, 0.6) is 0 Å². The molecule has 1 aliphatic heterocycles. The van der Waals surface area contributed by atoms with E-state index < -0.39 is 24.4 Å². The molecule has 0 aromatic carbocycles. The zero-order valence-corrected chi connectivity index (χ0v) is 13.3. The summed E-state index contributed by atoms with van der Waals surface area (Å²) >= 11 is 0. The van der Waals surface area contributed by atoms with Crippen LogP contribution in [0.25, 0.3) is 0 Å². The summed E-state index contributed by atoms with van der Waals surface area (Å²) in [6.07, 6.45) is 2.58. The van der Waals surface area contributed by atoms with Crippen molar-refractivity contribution in [2.24, 2.45) is 0 Å². The monoisotopic (exact) mass is 311 g/mol. The number of carboxylic acid groups (broad SMARTS) is 1. The second-order valence-electron chi connectivity index (χ2n) is 6.38. The molecule has 22 heavy (non-hydrogen) atoms. The summed E-state index contributed by atoms with van der Waals surface area (Å²) in [7, 11) is -0.466. The van der Waals surface area contributed by atoms with Gasteiger partial charge in [0.2, 0.25) is 0 Å². The normalized spacial score (nSPS) is 19.4. The summed E-state index contributed by atoms with van der Waals surface area (Å²) in [5, 5.41) is 22.1. The predicted molar refractivity (Wildman–Crippen MR) is 79.1 cm³/mol. The van der Waals surface area contributed by atoms with E-state index in [1.54, 1.807) is 10.9 Å². The van der Waals surface area contributed by atoms with Gasteiger partial charge < -0.3 is 14.4 Å². The maximum absolute atomic E-state index is 10.5. The largest absolute Gasteiger partial charge is 0.498 e. The van der Waals surface area contributed by atoms with Crippen molar-refractivity contribution < 1.29 is 24.4 Å². The minimum Gasteiger partial charge on any atom is -0.463 e. The molecule has 0 atom stereocenters. The van der Waals surface area contributed by atoms with Crippen LogP contribution >= 0.6 is 0 Å². The molecule has 2 heterocycles. The van der Waals surface area contributed by atoms with Crippen molar-refractivity contribution in [2.45, 2.75) is 51.9 Å². The van der Waals surface area contributed by atoms with Gasteiger partial charge in [-0.3, -0.25) is 9.89 Å². The molecule has 122 valence electrons. The van der Waals surface area contributed by atoms with Crippen LogP contribution in [0.1, 0.15) is 34.1 Å². The second-order valence-corrected chi connectivity index (χ2v) is 6.38. The fraction of sp³-hybridized carbons (Fsp3) is 0.692. The van der Waals surface area contributed by atoms with Crippen molar-refractivity contribution in [1.29, 1.82) is 0 Å². The van der Waals surface area contributed by atoms with Crippen molar-refractivity contribution in [3.05, 3.63) is 12.4 Å². The third-order valence-corrected chi connectivity index (χ3v) is 4.16. The number of rotatable bonds is 5. The molecule has 1 aliphatic rings. The average Bonchev–Trinajstić information content (AvgIpc) is 2.93. The Labute approximate surface area is 129 Å². The van der Waals surface area contributed by atoms with E-state index in [1.807, 2.05) is 33.9 Å². The van der Waals surface area contributed by atoms with Crippen molar-refractivity contribution in [1.82, 2.24) is 14.8 Å². The lowest BCUT2D eigenvalue weighted by Gasteiger charge is -2.32. The van der Waals surface area contributed by atoms with Gasteiger partial charge in [0.05, 0.1) is 17.7 Å². The van der Waals surface area contributed by atoms with Gasteiger partial charge in [0, 0.05) is 24.4 Å². The van der Waals surface area contributed by atoms with Crippen LogP contribution in [0.3, 0.4) is 0 Å². The van der Waals surface area contributed by atoms with Gasteiger partial charge >= 0.3 is 13.2 Å². The van der Waals surface area contributed by atoms with E-state index in [2.05, 4.69) is 5.10 Å². The molecule has 1 fully saturated rings. The molecule has 0 saturated carbocycles. The van der Waals surface area contributed by atoms with E-state index >= 15 is 0 Å². The molecule has 2 rings (SSSR count). The molecule has 1 saturated heterocycles. The Morgan fingerprint density at radius 1 is 1.36 bits per heavy atom. The van der Waals surface area contributed by atoms with Gasteiger partial charge in [-0.25, -0.2) is 4.79 Å². The fourth-order valence-electron chi connectivity index (χ4n) is 2.08. The molecular formula is C13H22BN3O5. The minimum absolute atomic E-state index is 0.0288. The first kappa shape index (κ1) is 16.8. The Bertz CT molecular complexity index is 530. The van der Waals surface area contributed by atoms with Gasteiger partial charge in [0.25, 0.3) is 0 Å². The zero-order chi connectivity index (χ0) is 16.5. The summed E-state index contributed by atoms with van der Waals surface area (Å²) < 4.78 is 13.5. The molecule has 8 nitrogen and oxygen atoms in total. The summed E-state index contributed by atoms with van der Waals surface area (Å²) in [5.41, 5.74) is 0.00910. The van der Waals surface area contributed by atoms with Crippen molar-refractivity contribution in [3.8, 4) is 0 Å². The summed E-state index contributed by atoms with van der Waals surface area (Å²) in [6.45, 7) is 8.46. The maximum atomic E-state index is 10.5. The fourth-order valence-corrected chi connectivity index (χ4v) is 2.08. The number of hydrogen-bond acceptors (Lipinski definition) is 5. The third-order valence-electron chi connectivity index (χ3n) is 4.16. The number of aromatic nitrogens is 2. The highest BCUT2D eigenvalue weighted by atomic mass is 16.7. The number of nitrogens with zero attached hydrogens (tertiary/aromatic N) is 3. The highest BCUT2D eigenvalue weighted by molar-refractivity contribution is 6.61. The maximum Gasteiger partial charge on any atom is 0.498 e. The van der Waals surface area contributed by atoms with Gasteiger partial charge in [-0.15, -0.1) is 0 Å². The summed E-state index contributed by atoms with van der Waals surface area (Å²) in [4.78, 5) is 10.5. The molecule has 0 bridgehead atoms. The lowest BCUT2D eigenvalue weighted by molar-refractivity contribution is -0.0648. The Morgan fingerprint density at radius 2 is 1.95 bits per heavy atom. The highest BCUT2D eigenvalue weighted by Crippen LogP contribution is 2.36. The molecule has 2 N–H and O–H groups in total. The van der Waals surface area contributed by atoms with Crippen LogP contribution in [-0.2, 0) is 15.9 Å². The first-order valence-corrected chi connectivity index (χ1v) is 7.20. The van der Waals surface area contributed by atoms with Crippen molar-refractivity contribution in [2.75, 3.05) is 6.54 Å². The molecule has 1 aromatic rings. The van der Waals surface area contributed by atoms with Gasteiger partial charge in [0.15, 0.2) is 0 Å². The van der Waals surface area contributed by atoms with E-state index in [-0.39, 0.29) is 11.6 Å². The van der Waals surface area contributed by atoms with Gasteiger partial charge in [-0.1, -0.05) is 0 Å². The van der Waals surface area contributed by atoms with Gasteiger partial charge in [-0.05, 0) is 34.1 Å². The van der Waals surface area contributed by atoms with Crippen LogP contribution < -0.4 is 5.46 Å². The quantitative estimate of drug-likeness (QED) is 0.477. The Balaban J connectivity index is 1.91. The van der Waals surface area contributed by atoms with Crippen LogP contribution in [-0.4, -0.2) is 56.1 Å². The van der Waals surface area contributed by atoms with E-state index in [9.17, 15) is 4.79 Å². The van der Waals surface area contributed by atoms with Crippen LogP contribution in [0.15, 0.2) is 12.4 Å². The Morgan fingerprint density at radius 3 is 2.50 bits per heavy atom. The molecule has 0 spiro atoms. The Kier molecular flexibility index (Phi) is 4.50. The summed E-state index contributed by atoms with van der Waals surface area (Å²) in [6, 6.07) is 0. The van der Waals surface area contributed by atoms with Crippen molar-refractivity contribution >= 4 is 18.7 Å². The predicted octanol–water partition coefficient (Wildman–Crippen LogP) is 0.942. The van der Waals surface area contributed by atoms with E-state index in [0.29, 0.717) is 13.0 Å². The minimum atomic E-state index is -1.36. The average molecular weight is 311 g/mol. The molecule has 0 radical (unpaired) electrons. The van der Waals surface area contributed by atoms with E-state index in [1.165, 1.54) is 0 Å². The SMILES string of the molecule is CC1(C)OB(c2cnn(CCCN(O)C(=O)O)c2)OC1(C)C. The molecule has 1 amide bonds. The number of amides is 1. The molecular weight excluding hydrogens is 289 g/mol. The van der Waals surface area contributed by atoms with E-state index in [4.69, 9.17) is 19.6 Å². The number of hydrogen-bond donors (Lipinski definition) is 2. The molecule has 0 unspecified atom stereocenters. The Hall–Kier alpha value is -1.58. The highest BCUT2D eigenvalue weighted by Gasteiger charge is 2.52. The lowest BCUT2D eigenvalue weighted by Crippen LogP contribution is -2.41. The smallest absolute Gasteiger partial charge is 0.463 e. The third kappa shape index (κ3) is 3.42. The van der Waals surface area contributed by atoms with Crippen LogP contribution in [0.4, 0.5) is 4.79 Å².